The van der Waals surface area contributed by atoms with Crippen LogP contribution in [0.15, 0.2) is 18.2 Å². The van der Waals surface area contributed by atoms with E-state index in [1.165, 1.54) is 33.3 Å². The fraction of sp³-hybridized carbons (Fsp3) is 0.444. The van der Waals surface area contributed by atoms with E-state index < -0.39 is 36.5 Å². The molecule has 0 fully saturated rings. The van der Waals surface area contributed by atoms with Crippen molar-refractivity contribution in [2.45, 2.75) is 32.9 Å². The molecule has 0 aliphatic heterocycles. The predicted octanol–water partition coefficient (Wildman–Crippen LogP) is 0.600. The van der Waals surface area contributed by atoms with Crippen LogP contribution in [0.5, 0.6) is 11.5 Å². The Morgan fingerprint density at radius 1 is 0.964 bits per heavy atom. The number of rotatable bonds is 8. The largest absolute Gasteiger partial charge is 0.497 e. The van der Waals surface area contributed by atoms with E-state index in [1.807, 2.05) is 0 Å². The zero-order valence-corrected chi connectivity index (χ0v) is 16.5. The van der Waals surface area contributed by atoms with Gasteiger partial charge in [-0.1, -0.05) is 0 Å². The van der Waals surface area contributed by atoms with E-state index in [0.29, 0.717) is 11.5 Å². The minimum absolute atomic E-state index is 0.156. The van der Waals surface area contributed by atoms with Crippen molar-refractivity contribution in [2.75, 3.05) is 20.8 Å². The number of hydrogen-bond acceptors (Lipinski definition) is 7. The number of nitrogens with one attached hydrogen (secondary N) is 3. The first kappa shape index (κ1) is 22.7. The number of urea groups is 1. The van der Waals surface area contributed by atoms with Crippen LogP contribution in [-0.4, -0.2) is 56.7 Å². The van der Waals surface area contributed by atoms with Crippen molar-refractivity contribution in [1.82, 2.24) is 16.0 Å². The average molecular weight is 395 g/mol. The molecule has 0 aliphatic carbocycles. The minimum atomic E-state index is -1.21. The van der Waals surface area contributed by atoms with Gasteiger partial charge in [-0.25, -0.2) is 4.79 Å². The van der Waals surface area contributed by atoms with Gasteiger partial charge in [-0.2, -0.15) is 0 Å². The van der Waals surface area contributed by atoms with E-state index in [2.05, 4.69) is 16.0 Å². The van der Waals surface area contributed by atoms with Crippen molar-refractivity contribution in [3.05, 3.63) is 23.8 Å². The van der Waals surface area contributed by atoms with Gasteiger partial charge in [0.1, 0.15) is 18.0 Å². The first-order valence-electron chi connectivity index (χ1n) is 8.48. The van der Waals surface area contributed by atoms with Crippen LogP contribution in [0.3, 0.4) is 0 Å². The summed E-state index contributed by atoms with van der Waals surface area (Å²) in [6.45, 7) is 4.31. The number of ether oxygens (including phenoxy) is 3. The van der Waals surface area contributed by atoms with Crippen LogP contribution in [0.4, 0.5) is 4.79 Å². The number of esters is 1. The van der Waals surface area contributed by atoms with E-state index in [-0.39, 0.29) is 11.6 Å². The highest BCUT2D eigenvalue weighted by molar-refractivity contribution is 5.98. The molecule has 28 heavy (non-hydrogen) atoms. The zero-order chi connectivity index (χ0) is 21.3. The Hall–Kier alpha value is -3.30. The normalized spacial score (nSPS) is 11.2. The van der Waals surface area contributed by atoms with Gasteiger partial charge in [0, 0.05) is 17.7 Å². The van der Waals surface area contributed by atoms with E-state index >= 15 is 0 Å². The first-order chi connectivity index (χ1) is 13.2. The van der Waals surface area contributed by atoms with Crippen LogP contribution < -0.4 is 25.4 Å². The van der Waals surface area contributed by atoms with Crippen LogP contribution in [0.2, 0.25) is 0 Å². The van der Waals surface area contributed by atoms with Crippen LogP contribution in [0, 0.1) is 0 Å². The van der Waals surface area contributed by atoms with Crippen molar-refractivity contribution in [3.8, 4) is 11.5 Å². The van der Waals surface area contributed by atoms with Gasteiger partial charge in [0.05, 0.1) is 14.2 Å². The van der Waals surface area contributed by atoms with Gasteiger partial charge in [0.15, 0.2) is 6.10 Å². The lowest BCUT2D eigenvalue weighted by molar-refractivity contribution is -0.153. The molecule has 0 saturated heterocycles. The van der Waals surface area contributed by atoms with E-state index in [0.717, 1.165) is 0 Å². The monoisotopic (exact) mass is 395 g/mol. The Kier molecular flexibility index (Phi) is 8.73. The SMILES string of the molecule is COc1cc(OC)cc(C(=O)NCC(=O)O[C@H](C)C(=O)NC(=O)NC(C)C)c1. The molecule has 4 amide bonds. The molecule has 0 aliphatic rings. The molecule has 0 radical (unpaired) electrons. The maximum Gasteiger partial charge on any atom is 0.326 e. The summed E-state index contributed by atoms with van der Waals surface area (Å²) in [6, 6.07) is 3.71. The predicted molar refractivity (Wildman–Crippen MR) is 99.2 cm³/mol. The number of methoxy groups -OCH3 is 2. The summed E-state index contributed by atoms with van der Waals surface area (Å²) in [6.07, 6.45) is -1.21. The smallest absolute Gasteiger partial charge is 0.326 e. The highest BCUT2D eigenvalue weighted by Crippen LogP contribution is 2.22. The molecule has 0 saturated carbocycles. The topological polar surface area (TPSA) is 132 Å². The highest BCUT2D eigenvalue weighted by Gasteiger charge is 2.20. The van der Waals surface area contributed by atoms with Crippen LogP contribution in [-0.2, 0) is 14.3 Å². The van der Waals surface area contributed by atoms with E-state index in [1.54, 1.807) is 19.9 Å². The quantitative estimate of drug-likeness (QED) is 0.549. The second-order valence-electron chi connectivity index (χ2n) is 6.03. The molecule has 1 rings (SSSR count). The summed E-state index contributed by atoms with van der Waals surface area (Å²) < 4.78 is 15.1. The lowest BCUT2D eigenvalue weighted by Crippen LogP contribution is -2.47. The third kappa shape index (κ3) is 7.52. The molecule has 1 aromatic rings. The van der Waals surface area contributed by atoms with Crippen molar-refractivity contribution in [1.29, 1.82) is 0 Å². The third-order valence-electron chi connectivity index (χ3n) is 3.34. The lowest BCUT2D eigenvalue weighted by atomic mass is 10.2. The number of hydrogen-bond donors (Lipinski definition) is 3. The molecule has 10 nitrogen and oxygen atoms in total. The van der Waals surface area contributed by atoms with Gasteiger partial charge < -0.3 is 24.8 Å². The van der Waals surface area contributed by atoms with Gasteiger partial charge in [-0.15, -0.1) is 0 Å². The van der Waals surface area contributed by atoms with Gasteiger partial charge in [0.2, 0.25) is 0 Å². The molecular formula is C18H25N3O7. The molecule has 0 bridgehead atoms. The number of carbonyl (C=O) groups is 4. The fourth-order valence-electron chi connectivity index (χ4n) is 2.00. The molecular weight excluding hydrogens is 370 g/mol. The Labute approximate surface area is 162 Å². The van der Waals surface area contributed by atoms with Gasteiger partial charge >= 0.3 is 12.0 Å². The highest BCUT2D eigenvalue weighted by atomic mass is 16.5. The van der Waals surface area contributed by atoms with Crippen molar-refractivity contribution in [3.63, 3.8) is 0 Å². The van der Waals surface area contributed by atoms with Crippen molar-refractivity contribution in [2.24, 2.45) is 0 Å². The molecule has 0 unspecified atom stereocenters. The van der Waals surface area contributed by atoms with Crippen molar-refractivity contribution < 1.29 is 33.4 Å². The number of carbonyl (C=O) groups excluding carboxylic acids is 4. The summed E-state index contributed by atoms with van der Waals surface area (Å²) in [7, 11) is 2.89. The Morgan fingerprint density at radius 2 is 1.54 bits per heavy atom. The summed E-state index contributed by atoms with van der Waals surface area (Å²) in [4.78, 5) is 47.3. The van der Waals surface area contributed by atoms with Crippen LogP contribution in [0.25, 0.3) is 0 Å². The standard InChI is InChI=1S/C18H25N3O7/c1-10(2)20-18(25)21-16(23)11(3)28-15(22)9-19-17(24)12-6-13(26-4)8-14(7-12)27-5/h6-8,10-11H,9H2,1-5H3,(H,19,24)(H2,20,21,23,25)/t11-/m1/s1. The van der Waals surface area contributed by atoms with Crippen LogP contribution >= 0.6 is 0 Å². The lowest BCUT2D eigenvalue weighted by Gasteiger charge is -2.14. The average Bonchev–Trinajstić information content (AvgIpc) is 2.64. The first-order valence-corrected chi connectivity index (χ1v) is 8.48. The molecule has 10 heteroatoms. The molecule has 1 atom stereocenters. The number of amides is 4. The second kappa shape index (κ2) is 10.8. The number of benzene rings is 1. The maximum atomic E-state index is 12.2. The second-order valence-corrected chi connectivity index (χ2v) is 6.03. The third-order valence-corrected chi connectivity index (χ3v) is 3.34. The molecule has 1 aromatic carbocycles. The van der Waals surface area contributed by atoms with Crippen LogP contribution in [0.1, 0.15) is 31.1 Å². The van der Waals surface area contributed by atoms with Gasteiger partial charge in [-0.3, -0.25) is 19.7 Å². The summed E-state index contributed by atoms with van der Waals surface area (Å²) in [5.74, 6) is -1.35. The van der Waals surface area contributed by atoms with Crippen molar-refractivity contribution >= 4 is 23.8 Å². The molecule has 154 valence electrons. The zero-order valence-electron chi connectivity index (χ0n) is 16.5. The maximum absolute atomic E-state index is 12.2. The molecule has 0 heterocycles. The summed E-state index contributed by atoms with van der Waals surface area (Å²) in [5, 5.41) is 6.90. The Bertz CT molecular complexity index is 712. The van der Waals surface area contributed by atoms with Gasteiger partial charge in [0.25, 0.3) is 11.8 Å². The molecule has 0 aromatic heterocycles. The molecule has 0 spiro atoms. The Morgan fingerprint density at radius 3 is 2.04 bits per heavy atom. The fourth-order valence-corrected chi connectivity index (χ4v) is 2.00. The molecule has 3 N–H and O–H groups in total. The minimum Gasteiger partial charge on any atom is -0.497 e. The van der Waals surface area contributed by atoms with E-state index in [4.69, 9.17) is 14.2 Å². The van der Waals surface area contributed by atoms with E-state index in [9.17, 15) is 19.2 Å². The Balaban J connectivity index is 2.54. The van der Waals surface area contributed by atoms with Gasteiger partial charge in [-0.05, 0) is 32.9 Å². The summed E-state index contributed by atoms with van der Waals surface area (Å²) >= 11 is 0. The number of imide groups is 1. The summed E-state index contributed by atoms with van der Waals surface area (Å²) in [5.41, 5.74) is 0.222.